The van der Waals surface area contributed by atoms with Gasteiger partial charge in [-0.15, -0.1) is 0 Å². The van der Waals surface area contributed by atoms with E-state index in [0.29, 0.717) is 32.4 Å². The summed E-state index contributed by atoms with van der Waals surface area (Å²) in [5.74, 6) is 0.534. The number of nitrogens with one attached hydrogen (secondary N) is 1. The number of pyridine rings is 1. The number of hydrogen-bond acceptors (Lipinski definition) is 4. The number of hydrogen-bond donors (Lipinski definition) is 1. The van der Waals surface area contributed by atoms with E-state index in [2.05, 4.69) is 10.3 Å². The molecule has 172 valence electrons. The average molecular weight is 446 g/mol. The maximum absolute atomic E-state index is 13.4. The van der Waals surface area contributed by atoms with Crippen molar-refractivity contribution in [2.45, 2.75) is 45.3 Å². The van der Waals surface area contributed by atoms with E-state index in [1.54, 1.807) is 24.4 Å². The van der Waals surface area contributed by atoms with Gasteiger partial charge >= 0.3 is 0 Å². The molecule has 0 fully saturated rings. The molecule has 1 atom stereocenters. The summed E-state index contributed by atoms with van der Waals surface area (Å²) in [6.45, 7) is 2.68. The molecular weight excluding hydrogens is 414 g/mol. The molecule has 0 aliphatic carbocycles. The van der Waals surface area contributed by atoms with Crippen LogP contribution in [-0.2, 0) is 29.1 Å². The SMILES string of the molecule is CCCC(=O)N(Cc1ccc(OC)cc1)[C@@H](Cc1ccccc1)C(=O)NCc1cccnc1. The lowest BCUT2D eigenvalue weighted by Crippen LogP contribution is -2.50. The normalized spacial score (nSPS) is 11.5. The lowest BCUT2D eigenvalue weighted by atomic mass is 10.0. The quantitative estimate of drug-likeness (QED) is 0.481. The zero-order valence-corrected chi connectivity index (χ0v) is 19.2. The molecule has 0 aliphatic heterocycles. The zero-order chi connectivity index (χ0) is 23.5. The highest BCUT2D eigenvalue weighted by Gasteiger charge is 2.29. The minimum atomic E-state index is -0.634. The Morgan fingerprint density at radius 2 is 1.70 bits per heavy atom. The second kappa shape index (κ2) is 12.4. The number of nitrogens with zero attached hydrogens (tertiary/aromatic N) is 2. The van der Waals surface area contributed by atoms with Crippen LogP contribution >= 0.6 is 0 Å². The predicted octanol–water partition coefficient (Wildman–Crippen LogP) is 4.15. The van der Waals surface area contributed by atoms with E-state index in [1.807, 2.05) is 73.7 Å². The average Bonchev–Trinajstić information content (AvgIpc) is 2.86. The number of amides is 2. The highest BCUT2D eigenvalue weighted by Crippen LogP contribution is 2.18. The molecule has 2 amide bonds. The monoisotopic (exact) mass is 445 g/mol. The van der Waals surface area contributed by atoms with Crippen molar-refractivity contribution in [1.29, 1.82) is 0 Å². The van der Waals surface area contributed by atoms with Gasteiger partial charge in [-0.05, 0) is 41.3 Å². The van der Waals surface area contributed by atoms with E-state index in [4.69, 9.17) is 4.74 Å². The third-order valence-electron chi connectivity index (χ3n) is 5.44. The zero-order valence-electron chi connectivity index (χ0n) is 19.2. The van der Waals surface area contributed by atoms with E-state index in [0.717, 1.165) is 22.4 Å². The van der Waals surface area contributed by atoms with Gasteiger partial charge in [-0.3, -0.25) is 14.6 Å². The highest BCUT2D eigenvalue weighted by atomic mass is 16.5. The number of methoxy groups -OCH3 is 1. The summed E-state index contributed by atoms with van der Waals surface area (Å²) in [5, 5.41) is 3.01. The van der Waals surface area contributed by atoms with Gasteiger partial charge in [-0.1, -0.05) is 55.5 Å². The Morgan fingerprint density at radius 1 is 0.970 bits per heavy atom. The molecule has 0 bridgehead atoms. The first-order valence-electron chi connectivity index (χ1n) is 11.2. The van der Waals surface area contributed by atoms with E-state index in [-0.39, 0.29) is 11.8 Å². The van der Waals surface area contributed by atoms with Crippen LogP contribution in [0.4, 0.5) is 0 Å². The van der Waals surface area contributed by atoms with Crippen LogP contribution in [0.5, 0.6) is 5.75 Å². The van der Waals surface area contributed by atoms with Gasteiger partial charge in [-0.25, -0.2) is 0 Å². The van der Waals surface area contributed by atoms with Gasteiger partial charge < -0.3 is 15.0 Å². The van der Waals surface area contributed by atoms with Gasteiger partial charge in [0, 0.05) is 38.3 Å². The van der Waals surface area contributed by atoms with Crippen LogP contribution in [0.1, 0.15) is 36.5 Å². The van der Waals surface area contributed by atoms with Crippen molar-refractivity contribution in [3.63, 3.8) is 0 Å². The topological polar surface area (TPSA) is 71.5 Å². The molecular formula is C27H31N3O3. The van der Waals surface area contributed by atoms with Crippen molar-refractivity contribution in [2.24, 2.45) is 0 Å². The molecule has 6 heteroatoms. The van der Waals surface area contributed by atoms with Crippen LogP contribution in [0.2, 0.25) is 0 Å². The number of carbonyl (C=O) groups is 2. The molecule has 2 aromatic carbocycles. The fraction of sp³-hybridized carbons (Fsp3) is 0.296. The Bertz CT molecular complexity index is 1010. The van der Waals surface area contributed by atoms with Gasteiger partial charge in [0.15, 0.2) is 0 Å². The van der Waals surface area contributed by atoms with Crippen molar-refractivity contribution in [3.8, 4) is 5.75 Å². The second-order valence-electron chi connectivity index (χ2n) is 7.90. The molecule has 0 saturated carbocycles. The molecule has 6 nitrogen and oxygen atoms in total. The smallest absolute Gasteiger partial charge is 0.243 e. The van der Waals surface area contributed by atoms with Crippen molar-refractivity contribution < 1.29 is 14.3 Å². The number of aromatic nitrogens is 1. The molecule has 1 heterocycles. The first-order valence-corrected chi connectivity index (χ1v) is 11.2. The summed E-state index contributed by atoms with van der Waals surface area (Å²) < 4.78 is 5.25. The van der Waals surface area contributed by atoms with Crippen molar-refractivity contribution in [2.75, 3.05) is 7.11 Å². The summed E-state index contributed by atoms with van der Waals surface area (Å²) in [7, 11) is 1.62. The van der Waals surface area contributed by atoms with E-state index >= 15 is 0 Å². The summed E-state index contributed by atoms with van der Waals surface area (Å²) in [4.78, 5) is 32.4. The molecule has 3 aromatic rings. The Kier molecular flexibility index (Phi) is 9.00. The van der Waals surface area contributed by atoms with Crippen LogP contribution in [0, 0.1) is 0 Å². The first-order chi connectivity index (χ1) is 16.1. The third kappa shape index (κ3) is 7.17. The Balaban J connectivity index is 1.87. The maximum atomic E-state index is 13.4. The van der Waals surface area contributed by atoms with Gasteiger partial charge in [0.2, 0.25) is 11.8 Å². The van der Waals surface area contributed by atoms with Gasteiger partial charge in [0.1, 0.15) is 11.8 Å². The fourth-order valence-corrected chi connectivity index (χ4v) is 3.65. The molecule has 33 heavy (non-hydrogen) atoms. The number of benzene rings is 2. The van der Waals surface area contributed by atoms with Crippen LogP contribution < -0.4 is 10.1 Å². The van der Waals surface area contributed by atoms with Crippen LogP contribution in [0.25, 0.3) is 0 Å². The van der Waals surface area contributed by atoms with E-state index in [9.17, 15) is 9.59 Å². The largest absolute Gasteiger partial charge is 0.497 e. The summed E-state index contributed by atoms with van der Waals surface area (Å²) in [6.07, 6.45) is 4.96. The third-order valence-corrected chi connectivity index (χ3v) is 5.44. The number of carbonyl (C=O) groups excluding carboxylic acids is 2. The molecule has 0 radical (unpaired) electrons. The molecule has 0 spiro atoms. The number of ether oxygens (including phenoxy) is 1. The minimum Gasteiger partial charge on any atom is -0.497 e. The Morgan fingerprint density at radius 3 is 2.33 bits per heavy atom. The molecule has 1 N–H and O–H groups in total. The summed E-state index contributed by atoms with van der Waals surface area (Å²) in [6, 6.07) is 20.5. The van der Waals surface area contributed by atoms with Gasteiger partial charge in [-0.2, -0.15) is 0 Å². The molecule has 3 rings (SSSR count). The molecule has 1 aromatic heterocycles. The summed E-state index contributed by atoms with van der Waals surface area (Å²) >= 11 is 0. The van der Waals surface area contributed by atoms with Gasteiger partial charge in [0.05, 0.1) is 7.11 Å². The predicted molar refractivity (Wildman–Crippen MR) is 128 cm³/mol. The molecule has 0 aliphatic rings. The number of rotatable bonds is 11. The van der Waals surface area contributed by atoms with Crippen molar-refractivity contribution in [1.82, 2.24) is 15.2 Å². The fourth-order valence-electron chi connectivity index (χ4n) is 3.65. The standard InChI is InChI=1S/C27H31N3O3/c1-3-8-26(31)30(20-22-12-14-24(33-2)15-13-22)25(17-21-9-5-4-6-10-21)27(32)29-19-23-11-7-16-28-18-23/h4-7,9-16,18,25H,3,8,17,19-20H2,1-2H3,(H,29,32)/t25-/m0/s1. The van der Waals surface area contributed by atoms with Crippen LogP contribution in [0.15, 0.2) is 79.1 Å². The molecule has 0 saturated heterocycles. The Labute approximate surface area is 195 Å². The highest BCUT2D eigenvalue weighted by molar-refractivity contribution is 5.88. The van der Waals surface area contributed by atoms with Crippen molar-refractivity contribution in [3.05, 3.63) is 95.8 Å². The van der Waals surface area contributed by atoms with Crippen molar-refractivity contribution >= 4 is 11.8 Å². The van der Waals surface area contributed by atoms with E-state index < -0.39 is 6.04 Å². The molecule has 0 unspecified atom stereocenters. The summed E-state index contributed by atoms with van der Waals surface area (Å²) in [5.41, 5.74) is 2.85. The van der Waals surface area contributed by atoms with Gasteiger partial charge in [0.25, 0.3) is 0 Å². The second-order valence-corrected chi connectivity index (χ2v) is 7.90. The lowest BCUT2D eigenvalue weighted by Gasteiger charge is -2.31. The minimum absolute atomic E-state index is 0.0363. The van der Waals surface area contributed by atoms with Crippen LogP contribution in [-0.4, -0.2) is 34.8 Å². The van der Waals surface area contributed by atoms with Crippen LogP contribution in [0.3, 0.4) is 0 Å². The Hall–Kier alpha value is -3.67. The first kappa shape index (κ1) is 24.0. The maximum Gasteiger partial charge on any atom is 0.243 e. The lowest BCUT2D eigenvalue weighted by molar-refractivity contribution is -0.141. The van der Waals surface area contributed by atoms with E-state index in [1.165, 1.54) is 0 Å².